The van der Waals surface area contributed by atoms with E-state index in [1.54, 1.807) is 10.8 Å². The van der Waals surface area contributed by atoms with Crippen LogP contribution in [0.15, 0.2) is 90.0 Å². The minimum atomic E-state index is -4.24. The molecule has 2 heterocycles. The van der Waals surface area contributed by atoms with Gasteiger partial charge in [-0.3, -0.25) is 14.2 Å². The molecule has 1 fully saturated rings. The lowest BCUT2D eigenvalue weighted by molar-refractivity contribution is -0.121. The predicted octanol–water partition coefficient (Wildman–Crippen LogP) is 5.52. The van der Waals surface area contributed by atoms with Gasteiger partial charge in [0.2, 0.25) is 0 Å². The molecule has 0 spiro atoms. The van der Waals surface area contributed by atoms with Gasteiger partial charge in [0.15, 0.2) is 0 Å². The van der Waals surface area contributed by atoms with Gasteiger partial charge in [0.25, 0.3) is 16.0 Å². The number of thioether (sulfide) groups is 1. The Morgan fingerprint density at radius 3 is 2.40 bits per heavy atom. The van der Waals surface area contributed by atoms with Gasteiger partial charge in [-0.25, -0.2) is 4.68 Å². The number of para-hydroxylation sites is 1. The van der Waals surface area contributed by atoms with Gasteiger partial charge in [0, 0.05) is 23.9 Å². The van der Waals surface area contributed by atoms with Crippen LogP contribution < -0.4 is 4.74 Å². The third-order valence-corrected chi connectivity index (χ3v) is 8.23. The molecular formula is C29H25N3O5S3. The second-order valence-electron chi connectivity index (χ2n) is 9.13. The van der Waals surface area contributed by atoms with E-state index in [0.717, 1.165) is 28.6 Å². The zero-order valence-electron chi connectivity index (χ0n) is 21.4. The Hall–Kier alpha value is -3.77. The Morgan fingerprint density at radius 2 is 1.73 bits per heavy atom. The molecule has 0 bridgehead atoms. The molecule has 1 N–H and O–H groups in total. The van der Waals surface area contributed by atoms with Crippen LogP contribution in [0.3, 0.4) is 0 Å². The van der Waals surface area contributed by atoms with E-state index in [1.165, 1.54) is 10.5 Å². The smallest absolute Gasteiger partial charge is 0.266 e. The third kappa shape index (κ3) is 6.68. The molecular weight excluding hydrogens is 567 g/mol. The Bertz CT molecular complexity index is 1680. The fourth-order valence-corrected chi connectivity index (χ4v) is 5.74. The minimum absolute atomic E-state index is 0.221. The van der Waals surface area contributed by atoms with Gasteiger partial charge >= 0.3 is 0 Å². The van der Waals surface area contributed by atoms with E-state index in [0.29, 0.717) is 28.5 Å². The lowest BCUT2D eigenvalue weighted by atomic mass is 10.1. The fourth-order valence-electron chi connectivity index (χ4n) is 4.03. The van der Waals surface area contributed by atoms with Crippen LogP contribution in [0.4, 0.5) is 0 Å². The second kappa shape index (κ2) is 11.8. The summed E-state index contributed by atoms with van der Waals surface area (Å²) in [6.07, 6.45) is 3.54. The number of amides is 1. The first-order valence-electron chi connectivity index (χ1n) is 12.3. The molecule has 1 aromatic heterocycles. The number of aromatic nitrogens is 2. The van der Waals surface area contributed by atoms with Crippen molar-refractivity contribution < 1.29 is 22.5 Å². The number of nitrogens with zero attached hydrogens (tertiary/aromatic N) is 3. The number of hydrogen-bond donors (Lipinski definition) is 1. The van der Waals surface area contributed by atoms with Crippen LogP contribution in [-0.2, 0) is 21.5 Å². The van der Waals surface area contributed by atoms with E-state index in [2.05, 4.69) is 12.1 Å². The lowest BCUT2D eigenvalue weighted by Crippen LogP contribution is -2.32. The summed E-state index contributed by atoms with van der Waals surface area (Å²) in [5.41, 5.74) is 5.28. The van der Waals surface area contributed by atoms with Crippen LogP contribution in [-0.4, -0.2) is 50.2 Å². The molecule has 0 unspecified atom stereocenters. The summed E-state index contributed by atoms with van der Waals surface area (Å²) >= 11 is 6.38. The molecule has 0 atom stereocenters. The van der Waals surface area contributed by atoms with Crippen molar-refractivity contribution in [2.45, 2.75) is 13.5 Å². The summed E-state index contributed by atoms with van der Waals surface area (Å²) < 4.78 is 39.4. The van der Waals surface area contributed by atoms with Crippen molar-refractivity contribution in [3.8, 4) is 22.7 Å². The molecule has 11 heteroatoms. The van der Waals surface area contributed by atoms with Crippen LogP contribution in [0.25, 0.3) is 23.0 Å². The Kier molecular flexibility index (Phi) is 8.17. The molecule has 1 aliphatic rings. The first kappa shape index (κ1) is 27.8. The highest BCUT2D eigenvalue weighted by atomic mass is 32.2. The maximum atomic E-state index is 13.0. The van der Waals surface area contributed by atoms with Gasteiger partial charge in [-0.1, -0.05) is 72.0 Å². The molecule has 0 radical (unpaired) electrons. The van der Waals surface area contributed by atoms with Crippen molar-refractivity contribution in [3.05, 3.63) is 107 Å². The van der Waals surface area contributed by atoms with E-state index in [1.807, 2.05) is 79.9 Å². The van der Waals surface area contributed by atoms with Crippen molar-refractivity contribution >= 4 is 50.4 Å². The molecule has 1 amide bonds. The van der Waals surface area contributed by atoms with Crippen LogP contribution in [0, 0.1) is 6.92 Å². The van der Waals surface area contributed by atoms with E-state index in [-0.39, 0.29) is 10.9 Å². The van der Waals surface area contributed by atoms with Gasteiger partial charge in [0.05, 0.1) is 22.0 Å². The molecule has 0 aliphatic carbocycles. The highest BCUT2D eigenvalue weighted by Gasteiger charge is 2.33. The molecule has 40 heavy (non-hydrogen) atoms. The number of carbonyl (C=O) groups is 1. The SMILES string of the molecule is Cc1ccc(COc2ccc(-c3nn(-c4ccccc4)cc3/C=C3\SC(=S)N(CCS(=O)(=O)O)C3=O)cc2)cc1. The first-order chi connectivity index (χ1) is 19.2. The Morgan fingerprint density at radius 1 is 1.02 bits per heavy atom. The Labute approximate surface area is 242 Å². The largest absolute Gasteiger partial charge is 0.489 e. The molecule has 1 saturated heterocycles. The van der Waals surface area contributed by atoms with Crippen molar-refractivity contribution in [1.82, 2.24) is 14.7 Å². The van der Waals surface area contributed by atoms with Crippen LogP contribution in [0.5, 0.6) is 5.75 Å². The topological polar surface area (TPSA) is 102 Å². The molecule has 3 aromatic carbocycles. The van der Waals surface area contributed by atoms with Gasteiger partial charge in [-0.15, -0.1) is 0 Å². The van der Waals surface area contributed by atoms with Crippen molar-refractivity contribution in [2.75, 3.05) is 12.3 Å². The van der Waals surface area contributed by atoms with E-state index in [9.17, 15) is 13.2 Å². The van der Waals surface area contributed by atoms with Gasteiger partial charge in [0.1, 0.15) is 16.7 Å². The maximum Gasteiger partial charge on any atom is 0.266 e. The predicted molar refractivity (Wildman–Crippen MR) is 161 cm³/mol. The average molecular weight is 592 g/mol. The molecule has 4 aromatic rings. The van der Waals surface area contributed by atoms with Crippen LogP contribution in [0.2, 0.25) is 0 Å². The molecule has 204 valence electrons. The lowest BCUT2D eigenvalue weighted by Gasteiger charge is -2.12. The van der Waals surface area contributed by atoms with E-state index < -0.39 is 21.8 Å². The standard InChI is InChI=1S/C29H25N3O5S3/c1-20-7-9-21(10-8-20)19-37-25-13-11-22(12-14-25)27-23(18-32(30-27)24-5-3-2-4-6-24)17-26-28(33)31(29(38)39-26)15-16-40(34,35)36/h2-14,17-18H,15-16,19H2,1H3,(H,34,35,36)/b26-17-. The van der Waals surface area contributed by atoms with Gasteiger partial charge in [-0.05, 0) is 55.0 Å². The van der Waals surface area contributed by atoms with Gasteiger partial charge < -0.3 is 4.74 Å². The first-order valence-corrected chi connectivity index (χ1v) is 15.1. The summed E-state index contributed by atoms with van der Waals surface area (Å²) in [5.74, 6) is -0.299. The van der Waals surface area contributed by atoms with Gasteiger partial charge in [-0.2, -0.15) is 13.5 Å². The second-order valence-corrected chi connectivity index (χ2v) is 12.4. The number of rotatable bonds is 9. The highest BCUT2D eigenvalue weighted by molar-refractivity contribution is 8.26. The normalized spacial score (nSPS) is 14.8. The Balaban J connectivity index is 1.43. The third-order valence-electron chi connectivity index (χ3n) is 6.15. The average Bonchev–Trinajstić information content (AvgIpc) is 3.47. The zero-order chi connectivity index (χ0) is 28.3. The van der Waals surface area contributed by atoms with Crippen molar-refractivity contribution in [2.24, 2.45) is 0 Å². The zero-order valence-corrected chi connectivity index (χ0v) is 23.9. The van der Waals surface area contributed by atoms with E-state index in [4.69, 9.17) is 26.6 Å². The monoisotopic (exact) mass is 591 g/mol. The van der Waals surface area contributed by atoms with Crippen LogP contribution in [0.1, 0.15) is 16.7 Å². The molecule has 8 nitrogen and oxygen atoms in total. The number of carbonyl (C=O) groups excluding carboxylic acids is 1. The fraction of sp³-hybridized carbons (Fsp3) is 0.138. The van der Waals surface area contributed by atoms with E-state index >= 15 is 0 Å². The quantitative estimate of drug-likeness (QED) is 0.154. The molecule has 1 aliphatic heterocycles. The summed E-state index contributed by atoms with van der Waals surface area (Å²) in [4.78, 5) is 14.6. The number of benzene rings is 3. The highest BCUT2D eigenvalue weighted by Crippen LogP contribution is 2.35. The summed E-state index contributed by atoms with van der Waals surface area (Å²) in [6.45, 7) is 2.27. The summed E-state index contributed by atoms with van der Waals surface area (Å²) in [7, 11) is -4.24. The summed E-state index contributed by atoms with van der Waals surface area (Å²) in [6, 6.07) is 25.4. The van der Waals surface area contributed by atoms with Crippen LogP contribution >= 0.6 is 24.0 Å². The minimum Gasteiger partial charge on any atom is -0.489 e. The maximum absolute atomic E-state index is 13.0. The molecule has 0 saturated carbocycles. The number of ether oxygens (including phenoxy) is 1. The van der Waals surface area contributed by atoms with Crippen molar-refractivity contribution in [3.63, 3.8) is 0 Å². The van der Waals surface area contributed by atoms with Crippen molar-refractivity contribution in [1.29, 1.82) is 0 Å². The number of hydrogen-bond acceptors (Lipinski definition) is 7. The molecule has 5 rings (SSSR count). The number of aryl methyl sites for hydroxylation is 1. The summed E-state index contributed by atoms with van der Waals surface area (Å²) in [5, 5.41) is 4.81. The number of thiocarbonyl (C=S) groups is 1.